The second kappa shape index (κ2) is 6.18. The molecule has 0 heterocycles. The molecule has 1 aromatic rings. The van der Waals surface area contributed by atoms with Crippen LogP contribution in [0.4, 0.5) is 0 Å². The third kappa shape index (κ3) is 3.30. The normalized spacial score (nSPS) is 18.5. The van der Waals surface area contributed by atoms with Crippen LogP contribution < -0.4 is 11.3 Å². The van der Waals surface area contributed by atoms with Gasteiger partial charge in [0.05, 0.1) is 0 Å². The molecule has 0 spiro atoms. The van der Waals surface area contributed by atoms with E-state index in [0.717, 1.165) is 18.8 Å². The molecule has 2 rings (SSSR count). The van der Waals surface area contributed by atoms with Crippen LogP contribution in [0.25, 0.3) is 0 Å². The van der Waals surface area contributed by atoms with E-state index in [-0.39, 0.29) is 0 Å². The van der Waals surface area contributed by atoms with E-state index in [1.165, 1.54) is 36.8 Å². The monoisotopic (exact) mass is 232 g/mol. The topological polar surface area (TPSA) is 38.0 Å². The Kier molecular flexibility index (Phi) is 4.57. The Balaban J connectivity index is 1.89. The lowest BCUT2D eigenvalue weighted by Crippen LogP contribution is -2.40. The average molecular weight is 232 g/mol. The zero-order chi connectivity index (χ0) is 12.1. The van der Waals surface area contributed by atoms with Gasteiger partial charge in [-0.25, -0.2) is 0 Å². The van der Waals surface area contributed by atoms with Crippen LogP contribution in [-0.4, -0.2) is 6.04 Å². The number of hydrazine groups is 1. The van der Waals surface area contributed by atoms with Crippen LogP contribution in [0.15, 0.2) is 24.3 Å². The molecule has 0 amide bonds. The number of rotatable bonds is 5. The molecular weight excluding hydrogens is 208 g/mol. The van der Waals surface area contributed by atoms with Crippen molar-refractivity contribution in [3.63, 3.8) is 0 Å². The van der Waals surface area contributed by atoms with Gasteiger partial charge in [-0.15, -0.1) is 0 Å². The van der Waals surface area contributed by atoms with E-state index in [4.69, 9.17) is 5.84 Å². The highest BCUT2D eigenvalue weighted by Crippen LogP contribution is 2.29. The van der Waals surface area contributed by atoms with Gasteiger partial charge in [-0.1, -0.05) is 37.1 Å². The van der Waals surface area contributed by atoms with Gasteiger partial charge in [0.25, 0.3) is 0 Å². The average Bonchev–Trinajstić information content (AvgIpc) is 2.86. The molecule has 1 aliphatic carbocycles. The van der Waals surface area contributed by atoms with Crippen molar-refractivity contribution in [1.29, 1.82) is 0 Å². The van der Waals surface area contributed by atoms with Gasteiger partial charge in [-0.3, -0.25) is 11.3 Å². The predicted molar refractivity (Wildman–Crippen MR) is 72.6 cm³/mol. The molecule has 0 saturated heterocycles. The molecule has 1 unspecified atom stereocenters. The highest BCUT2D eigenvalue weighted by Gasteiger charge is 2.23. The van der Waals surface area contributed by atoms with E-state index in [1.54, 1.807) is 0 Å². The van der Waals surface area contributed by atoms with Crippen molar-refractivity contribution >= 4 is 0 Å². The molecular formula is C15H24N2. The molecule has 0 aromatic heterocycles. The summed E-state index contributed by atoms with van der Waals surface area (Å²) in [6.07, 6.45) is 7.76. The molecule has 3 N–H and O–H groups in total. The number of benzene rings is 1. The van der Waals surface area contributed by atoms with Gasteiger partial charge in [0.2, 0.25) is 0 Å². The molecule has 0 radical (unpaired) electrons. The lowest BCUT2D eigenvalue weighted by Gasteiger charge is -2.22. The Labute approximate surface area is 105 Å². The summed E-state index contributed by atoms with van der Waals surface area (Å²) in [4.78, 5) is 0. The summed E-state index contributed by atoms with van der Waals surface area (Å²) < 4.78 is 0. The van der Waals surface area contributed by atoms with Crippen LogP contribution in [0, 0.1) is 12.8 Å². The Morgan fingerprint density at radius 2 is 2.00 bits per heavy atom. The smallest absolute Gasteiger partial charge is 0.0241 e. The molecule has 0 aliphatic heterocycles. The fraction of sp³-hybridized carbons (Fsp3) is 0.600. The highest BCUT2D eigenvalue weighted by molar-refractivity contribution is 5.25. The minimum Gasteiger partial charge on any atom is -0.271 e. The first-order valence-corrected chi connectivity index (χ1v) is 6.82. The number of nitrogens with two attached hydrogens (primary N) is 1. The van der Waals surface area contributed by atoms with E-state index in [2.05, 4.69) is 36.6 Å². The van der Waals surface area contributed by atoms with E-state index < -0.39 is 0 Å². The second-order valence-electron chi connectivity index (χ2n) is 5.28. The standard InChI is InChI=1S/C15H24N2/c1-12-6-2-3-7-13(12)10-11-15(17-16)14-8-4-5-9-14/h2-3,6-7,14-15,17H,4-5,8-11,16H2,1H3. The zero-order valence-corrected chi connectivity index (χ0v) is 10.8. The lowest BCUT2D eigenvalue weighted by molar-refractivity contribution is 0.345. The summed E-state index contributed by atoms with van der Waals surface area (Å²) in [6.45, 7) is 2.19. The molecule has 1 fully saturated rings. The molecule has 0 bridgehead atoms. The summed E-state index contributed by atoms with van der Waals surface area (Å²) in [5.41, 5.74) is 5.90. The van der Waals surface area contributed by atoms with Crippen LogP contribution in [0.3, 0.4) is 0 Å². The maximum atomic E-state index is 5.70. The quantitative estimate of drug-likeness (QED) is 0.605. The van der Waals surface area contributed by atoms with Crippen molar-refractivity contribution in [2.45, 2.75) is 51.5 Å². The number of aryl methyl sites for hydroxylation is 2. The fourth-order valence-corrected chi connectivity index (χ4v) is 3.02. The van der Waals surface area contributed by atoms with Gasteiger partial charge in [-0.05, 0) is 49.7 Å². The third-order valence-electron chi connectivity index (χ3n) is 4.17. The van der Waals surface area contributed by atoms with Crippen molar-refractivity contribution in [3.05, 3.63) is 35.4 Å². The Hall–Kier alpha value is -0.860. The first-order valence-electron chi connectivity index (χ1n) is 6.82. The van der Waals surface area contributed by atoms with Gasteiger partial charge in [0, 0.05) is 6.04 Å². The zero-order valence-electron chi connectivity index (χ0n) is 10.8. The summed E-state index contributed by atoms with van der Waals surface area (Å²) in [5, 5.41) is 0. The van der Waals surface area contributed by atoms with Crippen molar-refractivity contribution in [3.8, 4) is 0 Å². The van der Waals surface area contributed by atoms with E-state index >= 15 is 0 Å². The Morgan fingerprint density at radius 1 is 1.29 bits per heavy atom. The molecule has 1 atom stereocenters. The van der Waals surface area contributed by atoms with Gasteiger partial charge in [0.15, 0.2) is 0 Å². The molecule has 1 saturated carbocycles. The predicted octanol–water partition coefficient (Wildman–Crippen LogP) is 2.95. The first kappa shape index (κ1) is 12.6. The van der Waals surface area contributed by atoms with Crippen LogP contribution in [-0.2, 0) is 6.42 Å². The summed E-state index contributed by atoms with van der Waals surface area (Å²) >= 11 is 0. The Morgan fingerprint density at radius 3 is 2.65 bits per heavy atom. The van der Waals surface area contributed by atoms with Crippen molar-refractivity contribution in [2.75, 3.05) is 0 Å². The SMILES string of the molecule is Cc1ccccc1CCC(NN)C1CCCC1. The number of hydrogen-bond donors (Lipinski definition) is 2. The van der Waals surface area contributed by atoms with Gasteiger partial charge >= 0.3 is 0 Å². The molecule has 1 aliphatic rings. The minimum atomic E-state index is 0.497. The molecule has 2 heteroatoms. The number of hydrogen-bond acceptors (Lipinski definition) is 2. The maximum absolute atomic E-state index is 5.70. The summed E-state index contributed by atoms with van der Waals surface area (Å²) in [7, 11) is 0. The lowest BCUT2D eigenvalue weighted by atomic mass is 9.92. The van der Waals surface area contributed by atoms with Crippen LogP contribution >= 0.6 is 0 Å². The van der Waals surface area contributed by atoms with Crippen molar-refractivity contribution in [1.82, 2.24) is 5.43 Å². The van der Waals surface area contributed by atoms with E-state index in [0.29, 0.717) is 6.04 Å². The van der Waals surface area contributed by atoms with E-state index in [9.17, 15) is 0 Å². The third-order valence-corrected chi connectivity index (χ3v) is 4.17. The second-order valence-corrected chi connectivity index (χ2v) is 5.28. The highest BCUT2D eigenvalue weighted by atomic mass is 15.2. The molecule has 1 aromatic carbocycles. The minimum absolute atomic E-state index is 0.497. The Bertz CT molecular complexity index is 343. The van der Waals surface area contributed by atoms with Crippen molar-refractivity contribution in [2.24, 2.45) is 11.8 Å². The first-order chi connectivity index (χ1) is 8.31. The van der Waals surface area contributed by atoms with E-state index in [1.807, 2.05) is 0 Å². The van der Waals surface area contributed by atoms with Crippen molar-refractivity contribution < 1.29 is 0 Å². The largest absolute Gasteiger partial charge is 0.271 e. The molecule has 17 heavy (non-hydrogen) atoms. The van der Waals surface area contributed by atoms with Crippen LogP contribution in [0.1, 0.15) is 43.2 Å². The summed E-state index contributed by atoms with van der Waals surface area (Å²) in [6, 6.07) is 9.15. The molecule has 2 nitrogen and oxygen atoms in total. The summed E-state index contributed by atoms with van der Waals surface area (Å²) in [5.74, 6) is 6.50. The number of nitrogens with one attached hydrogen (secondary N) is 1. The van der Waals surface area contributed by atoms with Gasteiger partial charge < -0.3 is 0 Å². The van der Waals surface area contributed by atoms with Crippen LogP contribution in [0.2, 0.25) is 0 Å². The van der Waals surface area contributed by atoms with Crippen LogP contribution in [0.5, 0.6) is 0 Å². The van der Waals surface area contributed by atoms with Gasteiger partial charge in [0.1, 0.15) is 0 Å². The maximum Gasteiger partial charge on any atom is 0.0241 e. The van der Waals surface area contributed by atoms with Gasteiger partial charge in [-0.2, -0.15) is 0 Å². The molecule has 94 valence electrons. The fourth-order valence-electron chi connectivity index (χ4n) is 3.02.